The fourth-order valence-corrected chi connectivity index (χ4v) is 1.87. The van der Waals surface area contributed by atoms with Crippen LogP contribution in [0.25, 0.3) is 0 Å². The molecular formula is C10H17NO3. The highest BCUT2D eigenvalue weighted by Gasteiger charge is 2.35. The van der Waals surface area contributed by atoms with Crippen molar-refractivity contribution in [1.29, 1.82) is 0 Å². The Morgan fingerprint density at radius 3 is 2.86 bits per heavy atom. The molecule has 0 aromatic carbocycles. The quantitative estimate of drug-likeness (QED) is 0.674. The van der Waals surface area contributed by atoms with Gasteiger partial charge in [-0.2, -0.15) is 0 Å². The summed E-state index contributed by atoms with van der Waals surface area (Å²) in [6.45, 7) is 5.97. The Balaban J connectivity index is 2.66. The maximum absolute atomic E-state index is 10.8. The van der Waals surface area contributed by atoms with E-state index < -0.39 is 12.2 Å². The molecule has 1 amide bonds. The fraction of sp³-hybridized carbons (Fsp3) is 0.700. The van der Waals surface area contributed by atoms with Crippen molar-refractivity contribution in [1.82, 2.24) is 4.90 Å². The van der Waals surface area contributed by atoms with Crippen molar-refractivity contribution in [3.8, 4) is 0 Å². The zero-order valence-corrected chi connectivity index (χ0v) is 8.39. The van der Waals surface area contributed by atoms with Crippen LogP contribution in [0.5, 0.6) is 0 Å². The van der Waals surface area contributed by atoms with Gasteiger partial charge in [0.15, 0.2) is 0 Å². The molecule has 1 rings (SSSR count). The number of rotatable bonds is 3. The summed E-state index contributed by atoms with van der Waals surface area (Å²) in [6, 6.07) is -0.263. The van der Waals surface area contributed by atoms with Crippen LogP contribution in [0.15, 0.2) is 12.7 Å². The van der Waals surface area contributed by atoms with Crippen LogP contribution in [0.2, 0.25) is 0 Å². The first-order valence-corrected chi connectivity index (χ1v) is 4.88. The lowest BCUT2D eigenvalue weighted by Gasteiger charge is -2.28. The molecule has 2 N–H and O–H groups in total. The Morgan fingerprint density at radius 1 is 1.71 bits per heavy atom. The molecule has 0 bridgehead atoms. The van der Waals surface area contributed by atoms with Crippen LogP contribution in [0.3, 0.4) is 0 Å². The van der Waals surface area contributed by atoms with Gasteiger partial charge in [-0.15, -0.1) is 6.58 Å². The van der Waals surface area contributed by atoms with Gasteiger partial charge in [0.2, 0.25) is 0 Å². The summed E-state index contributed by atoms with van der Waals surface area (Å²) in [5, 5.41) is 18.7. The number of hydrogen-bond donors (Lipinski definition) is 2. The molecule has 0 aromatic heterocycles. The lowest BCUT2D eigenvalue weighted by Crippen LogP contribution is -2.44. The summed E-state index contributed by atoms with van der Waals surface area (Å²) in [5.74, 6) is -0.0695. The van der Waals surface area contributed by atoms with Gasteiger partial charge in [0.1, 0.15) is 0 Å². The highest BCUT2D eigenvalue weighted by atomic mass is 16.4. The second-order valence-electron chi connectivity index (χ2n) is 3.77. The van der Waals surface area contributed by atoms with Crippen molar-refractivity contribution in [2.24, 2.45) is 5.92 Å². The fourth-order valence-electron chi connectivity index (χ4n) is 1.87. The van der Waals surface area contributed by atoms with Gasteiger partial charge in [-0.25, -0.2) is 4.79 Å². The highest BCUT2D eigenvalue weighted by molar-refractivity contribution is 5.65. The average molecular weight is 199 g/mol. The second-order valence-corrected chi connectivity index (χ2v) is 3.77. The first kappa shape index (κ1) is 11.0. The maximum atomic E-state index is 10.8. The van der Waals surface area contributed by atoms with E-state index in [1.165, 1.54) is 4.90 Å². The van der Waals surface area contributed by atoms with Crippen LogP contribution < -0.4 is 0 Å². The number of carbonyl (C=O) groups is 1. The molecular weight excluding hydrogens is 182 g/mol. The molecule has 0 radical (unpaired) electrons. The molecule has 1 aliphatic heterocycles. The Bertz CT molecular complexity index is 229. The third-order valence-electron chi connectivity index (χ3n) is 2.85. The number of amides is 1. The number of hydrogen-bond acceptors (Lipinski definition) is 2. The van der Waals surface area contributed by atoms with Crippen LogP contribution in [-0.4, -0.2) is 39.9 Å². The van der Waals surface area contributed by atoms with E-state index in [1.807, 2.05) is 6.92 Å². The minimum Gasteiger partial charge on any atom is -0.465 e. The van der Waals surface area contributed by atoms with Gasteiger partial charge >= 0.3 is 6.09 Å². The van der Waals surface area contributed by atoms with Crippen LogP contribution in [0, 0.1) is 5.92 Å². The predicted octanol–water partition coefficient (Wildman–Crippen LogP) is 1.31. The molecule has 0 unspecified atom stereocenters. The standard InChI is InChI=1S/C10H17NO3/c1-3-7(2)9(12)8-5-4-6-11(8)10(13)14/h3,7-9,12H,1,4-6H2,2H3,(H,13,14)/t7-,8-,9+/m0/s1. The molecule has 0 aromatic rings. The van der Waals surface area contributed by atoms with Crippen LogP contribution in [-0.2, 0) is 0 Å². The van der Waals surface area contributed by atoms with Crippen molar-refractivity contribution in [2.45, 2.75) is 31.9 Å². The van der Waals surface area contributed by atoms with E-state index in [0.717, 1.165) is 12.8 Å². The molecule has 80 valence electrons. The maximum Gasteiger partial charge on any atom is 0.407 e. The molecule has 4 nitrogen and oxygen atoms in total. The van der Waals surface area contributed by atoms with Crippen LogP contribution in [0.4, 0.5) is 4.79 Å². The largest absolute Gasteiger partial charge is 0.465 e. The Hall–Kier alpha value is -1.03. The first-order valence-electron chi connectivity index (χ1n) is 4.88. The first-order chi connectivity index (χ1) is 6.57. The number of nitrogens with zero attached hydrogens (tertiary/aromatic N) is 1. The van der Waals surface area contributed by atoms with Crippen LogP contribution >= 0.6 is 0 Å². The second kappa shape index (κ2) is 4.46. The summed E-state index contributed by atoms with van der Waals surface area (Å²) in [6.07, 6.45) is 1.65. The van der Waals surface area contributed by atoms with Crippen LogP contribution in [0.1, 0.15) is 19.8 Å². The molecule has 1 heterocycles. The van der Waals surface area contributed by atoms with Crippen molar-refractivity contribution >= 4 is 6.09 Å². The summed E-state index contributed by atoms with van der Waals surface area (Å²) in [4.78, 5) is 12.1. The molecule has 0 spiro atoms. The lowest BCUT2D eigenvalue weighted by molar-refractivity contribution is 0.0474. The normalized spacial score (nSPS) is 25.9. The average Bonchev–Trinajstić information content (AvgIpc) is 2.63. The molecule has 1 aliphatic rings. The van der Waals surface area contributed by atoms with Gasteiger partial charge in [-0.1, -0.05) is 13.0 Å². The van der Waals surface area contributed by atoms with Crippen molar-refractivity contribution in [3.63, 3.8) is 0 Å². The van der Waals surface area contributed by atoms with Gasteiger partial charge in [-0.3, -0.25) is 0 Å². The van der Waals surface area contributed by atoms with Gasteiger partial charge < -0.3 is 15.1 Å². The van der Waals surface area contributed by atoms with E-state index in [9.17, 15) is 9.90 Å². The number of likely N-dealkylation sites (tertiary alicyclic amines) is 1. The summed E-state index contributed by atoms with van der Waals surface area (Å²) in [7, 11) is 0. The van der Waals surface area contributed by atoms with Gasteiger partial charge in [0, 0.05) is 12.5 Å². The number of aliphatic hydroxyl groups is 1. The molecule has 1 saturated heterocycles. The summed E-state index contributed by atoms with van der Waals surface area (Å²) >= 11 is 0. The molecule has 3 atom stereocenters. The molecule has 1 fully saturated rings. The third-order valence-corrected chi connectivity index (χ3v) is 2.85. The minimum atomic E-state index is -0.942. The van der Waals surface area contributed by atoms with Gasteiger partial charge in [-0.05, 0) is 12.8 Å². The Kier molecular flexibility index (Phi) is 3.52. The zero-order valence-electron chi connectivity index (χ0n) is 8.39. The number of aliphatic hydroxyl groups excluding tert-OH is 1. The van der Waals surface area contributed by atoms with E-state index in [-0.39, 0.29) is 12.0 Å². The number of carboxylic acid groups (broad SMARTS) is 1. The SMILES string of the molecule is C=C[C@H](C)[C@@H](O)[C@@H]1CCCN1C(=O)O. The van der Waals surface area contributed by atoms with Gasteiger partial charge in [0.05, 0.1) is 12.1 Å². The van der Waals surface area contributed by atoms with E-state index >= 15 is 0 Å². The van der Waals surface area contributed by atoms with E-state index in [0.29, 0.717) is 6.54 Å². The van der Waals surface area contributed by atoms with E-state index in [4.69, 9.17) is 5.11 Å². The summed E-state index contributed by atoms with van der Waals surface area (Å²) in [5.41, 5.74) is 0. The molecule has 4 heteroatoms. The topological polar surface area (TPSA) is 60.8 Å². The van der Waals surface area contributed by atoms with Crippen molar-refractivity contribution in [3.05, 3.63) is 12.7 Å². The van der Waals surface area contributed by atoms with Gasteiger partial charge in [0.25, 0.3) is 0 Å². The smallest absolute Gasteiger partial charge is 0.407 e. The van der Waals surface area contributed by atoms with E-state index in [1.54, 1.807) is 6.08 Å². The summed E-state index contributed by atoms with van der Waals surface area (Å²) < 4.78 is 0. The Labute approximate surface area is 83.8 Å². The third kappa shape index (κ3) is 2.07. The predicted molar refractivity (Wildman–Crippen MR) is 53.1 cm³/mol. The van der Waals surface area contributed by atoms with E-state index in [2.05, 4.69) is 6.58 Å². The monoisotopic (exact) mass is 199 g/mol. The Morgan fingerprint density at radius 2 is 2.36 bits per heavy atom. The molecule has 0 aliphatic carbocycles. The highest BCUT2D eigenvalue weighted by Crippen LogP contribution is 2.24. The zero-order chi connectivity index (χ0) is 10.7. The molecule has 14 heavy (non-hydrogen) atoms. The minimum absolute atomic E-state index is 0.0695. The lowest BCUT2D eigenvalue weighted by atomic mass is 9.96. The van der Waals surface area contributed by atoms with Crippen molar-refractivity contribution < 1.29 is 15.0 Å². The van der Waals surface area contributed by atoms with Crippen molar-refractivity contribution in [2.75, 3.05) is 6.54 Å². The molecule has 0 saturated carbocycles.